The van der Waals surface area contributed by atoms with Gasteiger partial charge in [0.25, 0.3) is 0 Å². The van der Waals surface area contributed by atoms with Crippen LogP contribution >= 0.6 is 18.7 Å². The average Bonchev–Trinajstić information content (AvgIpc) is 3.11. The SMILES string of the molecule is CC(C)(C)[Si](C)(C)O[C@H]1C[C@H](P(C)(C)=O)O[C@@H]1Cn1cnc2c(Cl)nc(N)nc21. The van der Waals surface area contributed by atoms with Crippen molar-refractivity contribution in [2.45, 2.75) is 69.9 Å². The van der Waals surface area contributed by atoms with Gasteiger partial charge in [-0.15, -0.1) is 0 Å². The fourth-order valence-corrected chi connectivity index (χ4v) is 5.93. The summed E-state index contributed by atoms with van der Waals surface area (Å²) in [6.45, 7) is 15.0. The third-order valence-electron chi connectivity index (χ3n) is 5.94. The topological polar surface area (TPSA) is 105 Å². The lowest BCUT2D eigenvalue weighted by Gasteiger charge is -2.39. The van der Waals surface area contributed by atoms with Crippen LogP contribution in [0.4, 0.5) is 5.95 Å². The number of hydrogen-bond acceptors (Lipinski definition) is 7. The van der Waals surface area contributed by atoms with Gasteiger partial charge in [0.1, 0.15) is 24.6 Å². The second-order valence-corrected chi connectivity index (χ2v) is 18.2. The first-order valence-corrected chi connectivity index (χ1v) is 15.7. The largest absolute Gasteiger partial charge is 0.411 e. The molecule has 0 aromatic carbocycles. The molecule has 0 saturated carbocycles. The van der Waals surface area contributed by atoms with Gasteiger partial charge in [0, 0.05) is 6.42 Å². The first-order valence-electron chi connectivity index (χ1n) is 9.71. The molecule has 2 aromatic heterocycles. The van der Waals surface area contributed by atoms with Crippen molar-refractivity contribution < 1.29 is 13.7 Å². The van der Waals surface area contributed by atoms with E-state index in [1.54, 1.807) is 19.7 Å². The lowest BCUT2D eigenvalue weighted by Crippen LogP contribution is -2.46. The van der Waals surface area contributed by atoms with Gasteiger partial charge in [0.15, 0.2) is 19.1 Å². The highest BCUT2D eigenvalue weighted by Crippen LogP contribution is 2.51. The molecular weight excluding hydrogens is 429 g/mol. The summed E-state index contributed by atoms with van der Waals surface area (Å²) in [6, 6.07) is 0. The van der Waals surface area contributed by atoms with Crippen molar-refractivity contribution in [3.8, 4) is 0 Å². The Bertz CT molecular complexity index is 955. The maximum Gasteiger partial charge on any atom is 0.223 e. The van der Waals surface area contributed by atoms with Gasteiger partial charge >= 0.3 is 0 Å². The first-order chi connectivity index (χ1) is 13.2. The van der Waals surface area contributed by atoms with E-state index in [4.69, 9.17) is 26.5 Å². The summed E-state index contributed by atoms with van der Waals surface area (Å²) in [5, 5.41) is 0.284. The highest BCUT2D eigenvalue weighted by molar-refractivity contribution is 7.62. The molecule has 0 amide bonds. The average molecular weight is 460 g/mol. The number of aromatic nitrogens is 4. The van der Waals surface area contributed by atoms with Crippen LogP contribution in [0.5, 0.6) is 0 Å². The van der Waals surface area contributed by atoms with Gasteiger partial charge in [-0.3, -0.25) is 0 Å². The molecular formula is C18H31ClN5O3PSi. The molecule has 0 unspecified atom stereocenters. The van der Waals surface area contributed by atoms with Crippen LogP contribution in [0.25, 0.3) is 11.2 Å². The number of ether oxygens (including phenoxy) is 1. The van der Waals surface area contributed by atoms with Gasteiger partial charge in [-0.2, -0.15) is 9.97 Å². The zero-order valence-corrected chi connectivity index (χ0v) is 20.8. The Kier molecular flexibility index (Phi) is 5.95. The van der Waals surface area contributed by atoms with Crippen molar-refractivity contribution in [2.75, 3.05) is 19.1 Å². The molecule has 1 aliphatic heterocycles. The summed E-state index contributed by atoms with van der Waals surface area (Å²) in [5.41, 5.74) is 6.81. The number of nitrogens with zero attached hydrogens (tertiary/aromatic N) is 4. The number of nitrogens with two attached hydrogens (primary N) is 1. The molecule has 1 saturated heterocycles. The Labute approximate surface area is 178 Å². The summed E-state index contributed by atoms with van der Waals surface area (Å²) in [6.07, 6.45) is 1.85. The van der Waals surface area contributed by atoms with Crippen LogP contribution in [0, 0.1) is 0 Å². The van der Waals surface area contributed by atoms with E-state index >= 15 is 0 Å². The zero-order valence-electron chi connectivity index (χ0n) is 18.1. The second-order valence-electron chi connectivity index (χ2n) is 9.66. The zero-order chi connectivity index (χ0) is 21.8. The highest BCUT2D eigenvalue weighted by Gasteiger charge is 2.47. The predicted octanol–water partition coefficient (Wildman–Crippen LogP) is 4.19. The Morgan fingerprint density at radius 3 is 2.62 bits per heavy atom. The smallest absolute Gasteiger partial charge is 0.223 e. The van der Waals surface area contributed by atoms with E-state index in [-0.39, 0.29) is 34.2 Å². The molecule has 11 heteroatoms. The molecule has 1 aliphatic rings. The third-order valence-corrected chi connectivity index (χ3v) is 12.4. The van der Waals surface area contributed by atoms with Crippen LogP contribution in [0.15, 0.2) is 6.33 Å². The summed E-state index contributed by atoms with van der Waals surface area (Å²) < 4.78 is 27.5. The molecule has 8 nitrogen and oxygen atoms in total. The molecule has 2 N–H and O–H groups in total. The molecule has 162 valence electrons. The van der Waals surface area contributed by atoms with E-state index in [1.807, 2.05) is 4.57 Å². The molecule has 3 atom stereocenters. The standard InChI is InChI=1S/C18H31ClN5O3PSi/c1-18(2,3)29(6,7)27-11-8-13(28(4,5)25)26-12(11)9-24-10-21-14-15(19)22-17(20)23-16(14)24/h10-13H,8-9H2,1-7H3,(H2,20,22,23)/t11-,12+,13-/m0/s1. The van der Waals surface area contributed by atoms with Gasteiger partial charge in [-0.1, -0.05) is 32.4 Å². The number of halogens is 1. The third kappa shape index (κ3) is 4.69. The maximum absolute atomic E-state index is 12.7. The van der Waals surface area contributed by atoms with E-state index in [0.717, 1.165) is 0 Å². The molecule has 3 heterocycles. The lowest BCUT2D eigenvalue weighted by atomic mass is 10.2. The monoisotopic (exact) mass is 459 g/mol. The predicted molar refractivity (Wildman–Crippen MR) is 120 cm³/mol. The van der Waals surface area contributed by atoms with Crippen molar-refractivity contribution in [3.05, 3.63) is 11.5 Å². The van der Waals surface area contributed by atoms with Crippen LogP contribution < -0.4 is 5.73 Å². The highest BCUT2D eigenvalue weighted by atomic mass is 35.5. The number of fused-ring (bicyclic) bond motifs is 1. The van der Waals surface area contributed by atoms with Crippen LogP contribution in [0.1, 0.15) is 27.2 Å². The van der Waals surface area contributed by atoms with Crippen molar-refractivity contribution >= 4 is 44.2 Å². The minimum Gasteiger partial charge on any atom is -0.411 e. The maximum atomic E-state index is 12.7. The Morgan fingerprint density at radius 2 is 2.03 bits per heavy atom. The molecule has 3 rings (SSSR count). The normalized spacial score (nSPS) is 23.8. The second kappa shape index (κ2) is 7.61. The van der Waals surface area contributed by atoms with Crippen LogP contribution in [0.2, 0.25) is 23.3 Å². The summed E-state index contributed by atoms with van der Waals surface area (Å²) in [5.74, 6) is -0.226. The number of hydrogen-bond donors (Lipinski definition) is 1. The van der Waals surface area contributed by atoms with Crippen molar-refractivity contribution in [1.82, 2.24) is 19.5 Å². The number of anilines is 1. The first kappa shape index (κ1) is 22.7. The number of imidazole rings is 1. The number of rotatable bonds is 5. The van der Waals surface area contributed by atoms with E-state index in [1.165, 1.54) is 0 Å². The molecule has 0 spiro atoms. The fraction of sp³-hybridized carbons (Fsp3) is 0.722. The van der Waals surface area contributed by atoms with E-state index < -0.39 is 15.5 Å². The van der Waals surface area contributed by atoms with E-state index in [0.29, 0.717) is 24.1 Å². The minimum absolute atomic E-state index is 0.0642. The van der Waals surface area contributed by atoms with Gasteiger partial charge in [-0.25, -0.2) is 4.98 Å². The molecule has 0 radical (unpaired) electrons. The Hall–Kier alpha value is -0.993. The molecule has 1 fully saturated rings. The quantitative estimate of drug-likeness (QED) is 0.406. The summed E-state index contributed by atoms with van der Waals surface area (Å²) in [4.78, 5) is 12.6. The van der Waals surface area contributed by atoms with Gasteiger partial charge in [0.2, 0.25) is 5.95 Å². The Balaban J connectivity index is 1.91. The van der Waals surface area contributed by atoms with E-state index in [2.05, 4.69) is 48.8 Å². The number of nitrogen functional groups attached to an aromatic ring is 1. The molecule has 2 aromatic rings. The van der Waals surface area contributed by atoms with Crippen LogP contribution in [0.3, 0.4) is 0 Å². The van der Waals surface area contributed by atoms with Crippen molar-refractivity contribution in [3.63, 3.8) is 0 Å². The molecule has 29 heavy (non-hydrogen) atoms. The van der Waals surface area contributed by atoms with Crippen molar-refractivity contribution in [1.29, 1.82) is 0 Å². The van der Waals surface area contributed by atoms with Gasteiger partial charge < -0.3 is 24.0 Å². The lowest BCUT2D eigenvalue weighted by molar-refractivity contribution is 0.0260. The fourth-order valence-electron chi connectivity index (χ4n) is 3.19. The van der Waals surface area contributed by atoms with Crippen molar-refractivity contribution in [2.24, 2.45) is 0 Å². The van der Waals surface area contributed by atoms with Gasteiger partial charge in [0.05, 0.1) is 19.0 Å². The molecule has 0 bridgehead atoms. The Morgan fingerprint density at radius 1 is 1.38 bits per heavy atom. The van der Waals surface area contributed by atoms with Crippen LogP contribution in [-0.4, -0.2) is 59.2 Å². The van der Waals surface area contributed by atoms with Crippen LogP contribution in [-0.2, 0) is 20.3 Å². The van der Waals surface area contributed by atoms with Gasteiger partial charge in [-0.05, 0) is 31.5 Å². The van der Waals surface area contributed by atoms with E-state index in [9.17, 15) is 4.57 Å². The summed E-state index contributed by atoms with van der Waals surface area (Å²) in [7, 11) is -4.46. The minimum atomic E-state index is -2.43. The molecule has 0 aliphatic carbocycles. The summed E-state index contributed by atoms with van der Waals surface area (Å²) >= 11 is 6.15.